The number of hydrogen-bond acceptors (Lipinski definition) is 3. The van der Waals surface area contributed by atoms with Crippen LogP contribution < -0.4 is 0 Å². The Kier molecular flexibility index (Phi) is 2.24. The highest BCUT2D eigenvalue weighted by molar-refractivity contribution is 5.31. The van der Waals surface area contributed by atoms with Crippen LogP contribution in [0.2, 0.25) is 0 Å². The SMILES string of the molecule is CC1(C)C[C@@H]2[C@@]3(CO)[C@@H](O)C=C[C@@]3(C)CC[C@]21O. The molecule has 0 aromatic carbocycles. The van der Waals surface area contributed by atoms with Crippen molar-refractivity contribution in [2.24, 2.45) is 22.2 Å². The van der Waals surface area contributed by atoms with Crippen LogP contribution in [-0.2, 0) is 0 Å². The summed E-state index contributed by atoms with van der Waals surface area (Å²) in [6, 6.07) is 0. The number of aliphatic hydroxyl groups excluding tert-OH is 2. The van der Waals surface area contributed by atoms with E-state index in [1.807, 2.05) is 6.08 Å². The summed E-state index contributed by atoms with van der Waals surface area (Å²) in [7, 11) is 0. The second kappa shape index (κ2) is 3.20. The van der Waals surface area contributed by atoms with E-state index in [0.29, 0.717) is 0 Å². The standard InChI is InChI=1S/C15H24O3/c1-12(2)8-10-14(9-16)11(17)4-5-13(14,3)6-7-15(10,12)18/h4-5,10-11,16-18H,6-9H2,1-3H3/t10-,11+,13+,14+,15+/m1/s1. The predicted octanol–water partition coefficient (Wildman–Crippen LogP) is 1.47. The van der Waals surface area contributed by atoms with E-state index >= 15 is 0 Å². The van der Waals surface area contributed by atoms with Gasteiger partial charge in [-0.25, -0.2) is 0 Å². The van der Waals surface area contributed by atoms with Crippen molar-refractivity contribution in [1.82, 2.24) is 0 Å². The third kappa shape index (κ3) is 1.04. The van der Waals surface area contributed by atoms with Crippen LogP contribution in [0.4, 0.5) is 0 Å². The maximum absolute atomic E-state index is 11.0. The minimum atomic E-state index is -0.734. The van der Waals surface area contributed by atoms with Gasteiger partial charge < -0.3 is 15.3 Å². The molecule has 0 bridgehead atoms. The molecular formula is C15H24O3. The summed E-state index contributed by atoms with van der Waals surface area (Å²) in [4.78, 5) is 0. The molecule has 3 nitrogen and oxygen atoms in total. The summed E-state index contributed by atoms with van der Waals surface area (Å²) in [5.74, 6) is -0.00579. The van der Waals surface area contributed by atoms with E-state index < -0.39 is 17.1 Å². The maximum Gasteiger partial charge on any atom is 0.0811 e. The van der Waals surface area contributed by atoms with Crippen molar-refractivity contribution in [2.45, 2.75) is 51.7 Å². The smallest absolute Gasteiger partial charge is 0.0811 e. The first kappa shape index (κ1) is 12.6. The lowest BCUT2D eigenvalue weighted by Gasteiger charge is -2.70. The first-order chi connectivity index (χ1) is 8.23. The number of fused-ring (bicyclic) bond motifs is 3. The molecule has 0 saturated heterocycles. The fraction of sp³-hybridized carbons (Fsp3) is 0.867. The average molecular weight is 252 g/mol. The van der Waals surface area contributed by atoms with Gasteiger partial charge in [0.2, 0.25) is 0 Å². The highest BCUT2D eigenvalue weighted by Crippen LogP contribution is 2.72. The van der Waals surface area contributed by atoms with E-state index in [2.05, 4.69) is 26.8 Å². The minimum Gasteiger partial charge on any atom is -0.396 e. The molecule has 0 spiro atoms. The van der Waals surface area contributed by atoms with Gasteiger partial charge >= 0.3 is 0 Å². The van der Waals surface area contributed by atoms with Crippen LogP contribution in [0.15, 0.2) is 12.2 Å². The lowest BCUT2D eigenvalue weighted by atomic mass is 9.36. The molecular weight excluding hydrogens is 228 g/mol. The van der Waals surface area contributed by atoms with Gasteiger partial charge in [0.05, 0.1) is 18.3 Å². The van der Waals surface area contributed by atoms with Crippen molar-refractivity contribution < 1.29 is 15.3 Å². The third-order valence-corrected chi connectivity index (χ3v) is 6.61. The topological polar surface area (TPSA) is 60.7 Å². The summed E-state index contributed by atoms with van der Waals surface area (Å²) in [6.45, 7) is 6.24. The van der Waals surface area contributed by atoms with E-state index in [-0.39, 0.29) is 23.4 Å². The Bertz CT molecular complexity index is 416. The predicted molar refractivity (Wildman–Crippen MR) is 68.8 cm³/mol. The Hall–Kier alpha value is -0.380. The Morgan fingerprint density at radius 3 is 2.44 bits per heavy atom. The molecule has 3 aliphatic rings. The van der Waals surface area contributed by atoms with E-state index in [1.165, 1.54) is 0 Å². The molecule has 2 saturated carbocycles. The van der Waals surface area contributed by atoms with Crippen LogP contribution in [0.25, 0.3) is 0 Å². The first-order valence-corrected chi connectivity index (χ1v) is 6.94. The molecule has 18 heavy (non-hydrogen) atoms. The van der Waals surface area contributed by atoms with Gasteiger partial charge in [0.15, 0.2) is 0 Å². The van der Waals surface area contributed by atoms with Crippen molar-refractivity contribution >= 4 is 0 Å². The zero-order valence-corrected chi connectivity index (χ0v) is 11.5. The molecule has 0 aromatic heterocycles. The molecule has 3 heteroatoms. The van der Waals surface area contributed by atoms with E-state index in [9.17, 15) is 15.3 Å². The highest BCUT2D eigenvalue weighted by atomic mass is 16.3. The fourth-order valence-corrected chi connectivity index (χ4v) is 5.04. The van der Waals surface area contributed by atoms with Gasteiger partial charge in [-0.05, 0) is 30.1 Å². The van der Waals surface area contributed by atoms with Gasteiger partial charge in [0.1, 0.15) is 0 Å². The normalized spacial score (nSPS) is 56.8. The molecule has 102 valence electrons. The van der Waals surface area contributed by atoms with Gasteiger partial charge in [-0.2, -0.15) is 0 Å². The van der Waals surface area contributed by atoms with Gasteiger partial charge in [-0.3, -0.25) is 0 Å². The minimum absolute atomic E-state index is 0.00579. The van der Waals surface area contributed by atoms with Crippen LogP contribution in [0, 0.1) is 22.2 Å². The molecule has 3 aliphatic carbocycles. The van der Waals surface area contributed by atoms with Crippen molar-refractivity contribution in [3.05, 3.63) is 12.2 Å². The van der Waals surface area contributed by atoms with E-state index in [1.54, 1.807) is 0 Å². The Morgan fingerprint density at radius 1 is 1.22 bits per heavy atom. The van der Waals surface area contributed by atoms with Crippen LogP contribution in [-0.4, -0.2) is 33.6 Å². The van der Waals surface area contributed by atoms with Crippen LogP contribution in [0.5, 0.6) is 0 Å². The zero-order valence-electron chi connectivity index (χ0n) is 11.5. The Balaban J connectivity index is 2.08. The van der Waals surface area contributed by atoms with Crippen molar-refractivity contribution in [2.75, 3.05) is 6.61 Å². The van der Waals surface area contributed by atoms with Crippen molar-refractivity contribution in [1.29, 1.82) is 0 Å². The molecule has 0 heterocycles. The third-order valence-electron chi connectivity index (χ3n) is 6.61. The molecule has 3 rings (SSSR count). The van der Waals surface area contributed by atoms with Crippen LogP contribution >= 0.6 is 0 Å². The molecule has 0 amide bonds. The number of hydrogen-bond donors (Lipinski definition) is 3. The average Bonchev–Trinajstić information content (AvgIpc) is 2.57. The molecule has 2 fully saturated rings. The monoisotopic (exact) mass is 252 g/mol. The summed E-state index contributed by atoms with van der Waals surface area (Å²) >= 11 is 0. The number of rotatable bonds is 1. The van der Waals surface area contributed by atoms with Gasteiger partial charge in [-0.15, -0.1) is 0 Å². The van der Waals surface area contributed by atoms with Crippen molar-refractivity contribution in [3.63, 3.8) is 0 Å². The lowest BCUT2D eigenvalue weighted by molar-refractivity contribution is -0.303. The first-order valence-electron chi connectivity index (χ1n) is 6.94. The highest BCUT2D eigenvalue weighted by Gasteiger charge is 2.74. The Labute approximate surface area is 109 Å². The van der Waals surface area contributed by atoms with E-state index in [4.69, 9.17) is 0 Å². The molecule has 0 aromatic rings. The number of aliphatic hydroxyl groups is 3. The largest absolute Gasteiger partial charge is 0.396 e. The molecule has 0 aliphatic heterocycles. The van der Waals surface area contributed by atoms with Gasteiger partial charge in [0, 0.05) is 11.3 Å². The van der Waals surface area contributed by atoms with Gasteiger partial charge in [0.25, 0.3) is 0 Å². The molecule has 0 radical (unpaired) electrons. The Morgan fingerprint density at radius 2 is 1.89 bits per heavy atom. The summed E-state index contributed by atoms with van der Waals surface area (Å²) in [6.07, 6.45) is 5.70. The molecule has 5 atom stereocenters. The maximum atomic E-state index is 11.0. The quantitative estimate of drug-likeness (QED) is 0.619. The van der Waals surface area contributed by atoms with Crippen LogP contribution in [0.3, 0.4) is 0 Å². The summed E-state index contributed by atoms with van der Waals surface area (Å²) < 4.78 is 0. The van der Waals surface area contributed by atoms with Crippen molar-refractivity contribution in [3.8, 4) is 0 Å². The van der Waals surface area contributed by atoms with E-state index in [0.717, 1.165) is 19.3 Å². The molecule has 0 unspecified atom stereocenters. The second-order valence-electron chi connectivity index (χ2n) is 7.48. The fourth-order valence-electron chi connectivity index (χ4n) is 5.04. The lowest BCUT2D eigenvalue weighted by Crippen LogP contribution is -2.74. The number of allylic oxidation sites excluding steroid dienone is 1. The molecule has 3 N–H and O–H groups in total. The van der Waals surface area contributed by atoms with Crippen LogP contribution in [0.1, 0.15) is 40.0 Å². The summed E-state index contributed by atoms with van der Waals surface area (Å²) in [5, 5.41) is 31.4. The zero-order chi connectivity index (χ0) is 13.4. The second-order valence-corrected chi connectivity index (χ2v) is 7.48. The van der Waals surface area contributed by atoms with Gasteiger partial charge in [-0.1, -0.05) is 32.9 Å². The summed E-state index contributed by atoms with van der Waals surface area (Å²) in [5.41, 5.74) is -1.62.